The number of ether oxygens (including phenoxy) is 1. The summed E-state index contributed by atoms with van der Waals surface area (Å²) in [5, 5.41) is 0. The average Bonchev–Trinajstić information content (AvgIpc) is 2.47. The second-order valence-electron chi connectivity index (χ2n) is 3.99. The van der Waals surface area contributed by atoms with Gasteiger partial charge < -0.3 is 4.74 Å². The molecular weight excluding hydrogens is 258 g/mol. The summed E-state index contributed by atoms with van der Waals surface area (Å²) >= 11 is 0. The molecule has 0 N–H and O–H groups in total. The highest BCUT2D eigenvalue weighted by Gasteiger charge is 2.16. The second-order valence-corrected chi connectivity index (χ2v) is 3.99. The van der Waals surface area contributed by atoms with E-state index in [-0.39, 0.29) is 17.9 Å². The van der Waals surface area contributed by atoms with Gasteiger partial charge >= 0.3 is 5.97 Å². The average molecular weight is 271 g/mol. The summed E-state index contributed by atoms with van der Waals surface area (Å²) < 4.78 is 6.03. The maximum absolute atomic E-state index is 12.4. The molecule has 0 bridgehead atoms. The molecule has 0 aliphatic rings. The maximum atomic E-state index is 12.4. The van der Waals surface area contributed by atoms with Crippen LogP contribution in [0.1, 0.15) is 27.8 Å². The van der Waals surface area contributed by atoms with Crippen molar-refractivity contribution in [2.45, 2.75) is 6.92 Å². The van der Waals surface area contributed by atoms with Gasteiger partial charge in [-0.15, -0.1) is 0 Å². The Bertz CT molecular complexity index is 689. The molecule has 0 spiro atoms. The number of esters is 1. The smallest absolute Gasteiger partial charge is 0.343 e. The molecule has 20 heavy (non-hydrogen) atoms. The first-order valence-corrected chi connectivity index (χ1v) is 6.12. The van der Waals surface area contributed by atoms with Gasteiger partial charge in [0.05, 0.1) is 12.3 Å². The minimum absolute atomic E-state index is 0.0960. The maximum Gasteiger partial charge on any atom is 0.343 e. The van der Waals surface area contributed by atoms with Gasteiger partial charge in [0.1, 0.15) is 5.56 Å². The number of hydrogen-bond donors (Lipinski definition) is 0. The Balaban J connectivity index is 2.66. The van der Waals surface area contributed by atoms with Crippen LogP contribution in [0.2, 0.25) is 0 Å². The van der Waals surface area contributed by atoms with Gasteiger partial charge in [0.2, 0.25) is 0 Å². The van der Waals surface area contributed by atoms with Gasteiger partial charge in [-0.3, -0.25) is 14.2 Å². The van der Waals surface area contributed by atoms with Crippen molar-refractivity contribution in [1.82, 2.24) is 4.57 Å². The Morgan fingerprint density at radius 2 is 1.90 bits per heavy atom. The van der Waals surface area contributed by atoms with Crippen molar-refractivity contribution < 1.29 is 14.3 Å². The highest BCUT2D eigenvalue weighted by Crippen LogP contribution is 2.09. The van der Waals surface area contributed by atoms with E-state index in [0.717, 1.165) is 0 Å². The van der Waals surface area contributed by atoms with Crippen molar-refractivity contribution in [2.75, 3.05) is 6.61 Å². The Labute approximate surface area is 115 Å². The van der Waals surface area contributed by atoms with Crippen LogP contribution >= 0.6 is 0 Å². The molecule has 5 nitrogen and oxygen atoms in total. The summed E-state index contributed by atoms with van der Waals surface area (Å²) in [5.41, 5.74) is 0.0283. The first-order valence-electron chi connectivity index (χ1n) is 6.12. The van der Waals surface area contributed by atoms with E-state index >= 15 is 0 Å². The lowest BCUT2D eigenvalue weighted by molar-refractivity contribution is 0.0523. The van der Waals surface area contributed by atoms with Crippen LogP contribution in [0.15, 0.2) is 47.3 Å². The normalized spacial score (nSPS) is 10.1. The molecule has 0 saturated carbocycles. The molecule has 0 fully saturated rings. The molecule has 0 saturated heterocycles. The van der Waals surface area contributed by atoms with Gasteiger partial charge in [-0.1, -0.05) is 18.2 Å². The quantitative estimate of drug-likeness (QED) is 0.628. The number of para-hydroxylation sites is 1. The number of aromatic nitrogens is 1. The van der Waals surface area contributed by atoms with Crippen LogP contribution in [0.5, 0.6) is 0 Å². The molecule has 2 aromatic rings. The molecule has 0 unspecified atom stereocenters. The van der Waals surface area contributed by atoms with Crippen molar-refractivity contribution in [3.63, 3.8) is 0 Å². The van der Waals surface area contributed by atoms with Crippen molar-refractivity contribution in [3.8, 4) is 5.69 Å². The van der Waals surface area contributed by atoms with Crippen LogP contribution < -0.4 is 5.56 Å². The Morgan fingerprint density at radius 3 is 2.50 bits per heavy atom. The Morgan fingerprint density at radius 1 is 1.20 bits per heavy atom. The highest BCUT2D eigenvalue weighted by atomic mass is 16.5. The number of carbonyl (C=O) groups is 2. The number of benzene rings is 1. The highest BCUT2D eigenvalue weighted by molar-refractivity contribution is 5.89. The predicted octanol–water partition coefficient (Wildman–Crippen LogP) is 1.83. The van der Waals surface area contributed by atoms with Gasteiger partial charge in [-0.2, -0.15) is 0 Å². The van der Waals surface area contributed by atoms with E-state index in [1.54, 1.807) is 37.3 Å². The van der Waals surface area contributed by atoms with Crippen molar-refractivity contribution in [3.05, 3.63) is 64.1 Å². The van der Waals surface area contributed by atoms with E-state index in [2.05, 4.69) is 0 Å². The molecule has 1 aromatic heterocycles. The third-order valence-electron chi connectivity index (χ3n) is 2.74. The second kappa shape index (κ2) is 5.97. The first kappa shape index (κ1) is 13.7. The predicted molar refractivity (Wildman–Crippen MR) is 73.4 cm³/mol. The van der Waals surface area contributed by atoms with Gasteiger partial charge in [0, 0.05) is 5.69 Å². The number of aldehydes is 1. The molecule has 0 radical (unpaired) electrons. The Kier molecular flexibility index (Phi) is 4.10. The molecule has 0 aliphatic heterocycles. The minimum Gasteiger partial charge on any atom is -0.462 e. The topological polar surface area (TPSA) is 65.4 Å². The Hall–Kier alpha value is -2.69. The summed E-state index contributed by atoms with van der Waals surface area (Å²) in [6.07, 6.45) is 0.573. The fourth-order valence-electron chi connectivity index (χ4n) is 1.85. The van der Waals surface area contributed by atoms with Gasteiger partial charge in [-0.05, 0) is 31.2 Å². The molecule has 5 heteroatoms. The number of hydrogen-bond acceptors (Lipinski definition) is 4. The third-order valence-corrected chi connectivity index (χ3v) is 2.74. The van der Waals surface area contributed by atoms with Crippen LogP contribution in [-0.4, -0.2) is 23.4 Å². The fraction of sp³-hybridized carbons (Fsp3) is 0.133. The summed E-state index contributed by atoms with van der Waals surface area (Å²) in [5.74, 6) is -0.695. The van der Waals surface area contributed by atoms with E-state index in [1.807, 2.05) is 0 Å². The standard InChI is InChI=1S/C15H13NO4/c1-2-20-15(19)13-9-8-12(10-17)16(14(13)18)11-6-4-3-5-7-11/h3-10H,2H2,1H3. The number of rotatable bonds is 4. The molecule has 0 amide bonds. The third kappa shape index (κ3) is 2.51. The van der Waals surface area contributed by atoms with Gasteiger partial charge in [0.25, 0.3) is 5.56 Å². The van der Waals surface area contributed by atoms with Crippen LogP contribution in [0.3, 0.4) is 0 Å². The molecule has 0 atom stereocenters. The van der Waals surface area contributed by atoms with E-state index in [9.17, 15) is 14.4 Å². The van der Waals surface area contributed by atoms with E-state index in [4.69, 9.17) is 4.74 Å². The lowest BCUT2D eigenvalue weighted by atomic mass is 10.2. The summed E-state index contributed by atoms with van der Waals surface area (Å²) in [6.45, 7) is 1.84. The zero-order valence-electron chi connectivity index (χ0n) is 10.9. The zero-order chi connectivity index (χ0) is 14.5. The van der Waals surface area contributed by atoms with Crippen molar-refractivity contribution in [2.24, 2.45) is 0 Å². The zero-order valence-corrected chi connectivity index (χ0v) is 10.9. The van der Waals surface area contributed by atoms with Crippen LogP contribution in [0.4, 0.5) is 0 Å². The number of pyridine rings is 1. The van der Waals surface area contributed by atoms with E-state index in [1.165, 1.54) is 16.7 Å². The number of nitrogens with zero attached hydrogens (tertiary/aromatic N) is 1. The van der Waals surface area contributed by atoms with Crippen molar-refractivity contribution >= 4 is 12.3 Å². The summed E-state index contributed by atoms with van der Waals surface area (Å²) in [7, 11) is 0. The van der Waals surface area contributed by atoms with Gasteiger partial charge in [0.15, 0.2) is 6.29 Å². The van der Waals surface area contributed by atoms with E-state index < -0.39 is 11.5 Å². The lowest BCUT2D eigenvalue weighted by Crippen LogP contribution is -2.28. The molecule has 102 valence electrons. The molecule has 1 aromatic carbocycles. The SMILES string of the molecule is CCOC(=O)c1ccc(C=O)n(-c2ccccc2)c1=O. The first-order chi connectivity index (χ1) is 9.69. The monoisotopic (exact) mass is 271 g/mol. The summed E-state index contributed by atoms with van der Waals surface area (Å²) in [6, 6.07) is 11.4. The minimum atomic E-state index is -0.695. The van der Waals surface area contributed by atoms with Crippen LogP contribution in [0.25, 0.3) is 5.69 Å². The number of carbonyl (C=O) groups excluding carboxylic acids is 2. The molecule has 1 heterocycles. The van der Waals surface area contributed by atoms with Crippen LogP contribution in [0, 0.1) is 0 Å². The summed E-state index contributed by atoms with van der Waals surface area (Å²) in [4.78, 5) is 35.2. The fourth-order valence-corrected chi connectivity index (χ4v) is 1.85. The van der Waals surface area contributed by atoms with E-state index in [0.29, 0.717) is 12.0 Å². The molecule has 2 rings (SSSR count). The molecular formula is C15H13NO4. The van der Waals surface area contributed by atoms with Crippen molar-refractivity contribution in [1.29, 1.82) is 0 Å². The van der Waals surface area contributed by atoms with Gasteiger partial charge in [-0.25, -0.2) is 4.79 Å². The van der Waals surface area contributed by atoms with Crippen LogP contribution in [-0.2, 0) is 4.74 Å². The molecule has 0 aliphatic carbocycles. The lowest BCUT2D eigenvalue weighted by Gasteiger charge is -2.10. The largest absolute Gasteiger partial charge is 0.462 e.